The van der Waals surface area contributed by atoms with Crippen molar-refractivity contribution in [1.29, 1.82) is 0 Å². The van der Waals surface area contributed by atoms with Gasteiger partial charge < -0.3 is 35.3 Å². The van der Waals surface area contributed by atoms with E-state index in [4.69, 9.17) is 19.3 Å². The molecule has 0 spiro atoms. The van der Waals surface area contributed by atoms with Gasteiger partial charge in [-0.2, -0.15) is 0 Å². The number of carbonyl (C=O) groups is 5. The van der Waals surface area contributed by atoms with Crippen LogP contribution in [0.4, 0.5) is 0 Å². The van der Waals surface area contributed by atoms with Gasteiger partial charge in [-0.1, -0.05) is 62.4 Å². The average Bonchev–Trinajstić information content (AvgIpc) is 3.05. The normalized spacial score (nSPS) is 14.6. The first-order valence-corrected chi connectivity index (χ1v) is 14.9. The quantitative estimate of drug-likeness (QED) is 0.153. The Hall–Kier alpha value is -4.71. The number of carboxylic acids is 1. The van der Waals surface area contributed by atoms with Crippen LogP contribution < -0.4 is 25.4 Å². The topological polar surface area (TPSA) is 169 Å². The molecule has 12 nitrogen and oxygen atoms in total. The van der Waals surface area contributed by atoms with Gasteiger partial charge in [0.2, 0.25) is 17.6 Å². The first-order valence-electron chi connectivity index (χ1n) is 14.9. The SMILES string of the molecule is COc1ccc(OC)c(C=CC(=O)N[C@H](CC2CCCCC2)C(=O)NC(COCc2ccccc2)C(=O)C(=O)NCC(=O)O)c1. The molecule has 1 aliphatic carbocycles. The highest BCUT2D eigenvalue weighted by atomic mass is 16.5. The predicted octanol–water partition coefficient (Wildman–Crippen LogP) is 2.64. The molecule has 1 fully saturated rings. The Bertz CT molecular complexity index is 1340. The average molecular weight is 624 g/mol. The van der Waals surface area contributed by atoms with Crippen LogP contribution in [0.1, 0.15) is 49.7 Å². The van der Waals surface area contributed by atoms with Crippen LogP contribution in [0.3, 0.4) is 0 Å². The van der Waals surface area contributed by atoms with Crippen molar-refractivity contribution in [3.05, 3.63) is 65.7 Å². The number of nitrogens with one attached hydrogen (secondary N) is 3. The van der Waals surface area contributed by atoms with Crippen LogP contribution in [-0.4, -0.2) is 74.0 Å². The van der Waals surface area contributed by atoms with Gasteiger partial charge in [0.05, 0.1) is 27.4 Å². The highest BCUT2D eigenvalue weighted by molar-refractivity contribution is 6.38. The number of rotatable bonds is 17. The third-order valence-corrected chi connectivity index (χ3v) is 7.43. The number of benzene rings is 2. The molecule has 3 amide bonds. The minimum absolute atomic E-state index is 0.109. The number of hydrogen-bond donors (Lipinski definition) is 4. The molecule has 242 valence electrons. The van der Waals surface area contributed by atoms with E-state index >= 15 is 0 Å². The van der Waals surface area contributed by atoms with Crippen LogP contribution in [0.25, 0.3) is 6.08 Å². The smallest absolute Gasteiger partial charge is 0.322 e. The summed E-state index contributed by atoms with van der Waals surface area (Å²) in [4.78, 5) is 63.1. The summed E-state index contributed by atoms with van der Waals surface area (Å²) in [6, 6.07) is 11.8. The molecule has 0 heterocycles. The fraction of sp³-hybridized carbons (Fsp3) is 0.424. The monoisotopic (exact) mass is 623 g/mol. The van der Waals surface area contributed by atoms with Crippen LogP contribution in [-0.2, 0) is 35.3 Å². The zero-order valence-corrected chi connectivity index (χ0v) is 25.6. The number of carbonyl (C=O) groups excluding carboxylic acids is 4. The first-order chi connectivity index (χ1) is 21.7. The van der Waals surface area contributed by atoms with Gasteiger partial charge in [0.15, 0.2) is 0 Å². The third kappa shape index (κ3) is 11.7. The number of amides is 3. The predicted molar refractivity (Wildman–Crippen MR) is 165 cm³/mol. The Kier molecular flexibility index (Phi) is 14.0. The molecule has 3 rings (SSSR count). The molecule has 2 atom stereocenters. The summed E-state index contributed by atoms with van der Waals surface area (Å²) >= 11 is 0. The van der Waals surface area contributed by atoms with Crippen molar-refractivity contribution in [3.8, 4) is 11.5 Å². The molecule has 1 saturated carbocycles. The fourth-order valence-corrected chi connectivity index (χ4v) is 5.07. The molecule has 0 saturated heterocycles. The van der Waals surface area contributed by atoms with Crippen molar-refractivity contribution in [2.24, 2.45) is 5.92 Å². The number of aliphatic carboxylic acids is 1. The third-order valence-electron chi connectivity index (χ3n) is 7.43. The Balaban J connectivity index is 1.77. The molecule has 0 aromatic heterocycles. The van der Waals surface area contributed by atoms with Gasteiger partial charge in [0.25, 0.3) is 5.91 Å². The zero-order chi connectivity index (χ0) is 32.6. The molecule has 45 heavy (non-hydrogen) atoms. The summed E-state index contributed by atoms with van der Waals surface area (Å²) < 4.78 is 16.3. The number of carboxylic acid groups (broad SMARTS) is 1. The lowest BCUT2D eigenvalue weighted by molar-refractivity contribution is -0.143. The van der Waals surface area contributed by atoms with E-state index in [1.165, 1.54) is 20.3 Å². The van der Waals surface area contributed by atoms with E-state index in [1.54, 1.807) is 24.3 Å². The molecule has 2 aromatic rings. The minimum atomic E-state index is -1.42. The summed E-state index contributed by atoms with van der Waals surface area (Å²) in [7, 11) is 3.03. The van der Waals surface area contributed by atoms with Gasteiger partial charge in [-0.3, -0.25) is 24.0 Å². The van der Waals surface area contributed by atoms with Crippen LogP contribution in [0.5, 0.6) is 11.5 Å². The lowest BCUT2D eigenvalue weighted by atomic mass is 9.84. The second-order valence-corrected chi connectivity index (χ2v) is 10.7. The number of hydrogen-bond acceptors (Lipinski definition) is 8. The fourth-order valence-electron chi connectivity index (χ4n) is 5.07. The lowest BCUT2D eigenvalue weighted by Gasteiger charge is -2.27. The lowest BCUT2D eigenvalue weighted by Crippen LogP contribution is -2.55. The van der Waals surface area contributed by atoms with Crippen molar-refractivity contribution in [3.63, 3.8) is 0 Å². The highest BCUT2D eigenvalue weighted by Crippen LogP contribution is 2.28. The summed E-state index contributed by atoms with van der Waals surface area (Å²) in [6.45, 7) is -1.00. The van der Waals surface area contributed by atoms with E-state index < -0.39 is 48.1 Å². The standard InChI is InChI=1S/C33H41N3O9/c1-43-25-14-15-28(44-2)24(18-25)13-16-29(37)35-26(17-22-9-5-3-6-10-22)32(41)36-27(31(40)33(42)34-19-30(38)39)21-45-20-23-11-7-4-8-12-23/h4,7-8,11-16,18,22,26-27H,3,5-6,9-10,17,19-21H2,1-2H3,(H,34,42)(H,35,37)(H,36,41)(H,38,39)/t26-,27?/m1/s1. The van der Waals surface area contributed by atoms with Gasteiger partial charge in [-0.15, -0.1) is 0 Å². The molecular formula is C33H41N3O9. The van der Waals surface area contributed by atoms with Crippen molar-refractivity contribution in [2.75, 3.05) is 27.4 Å². The van der Waals surface area contributed by atoms with Gasteiger partial charge in [-0.25, -0.2) is 0 Å². The van der Waals surface area contributed by atoms with E-state index in [-0.39, 0.29) is 19.1 Å². The summed E-state index contributed by atoms with van der Waals surface area (Å²) in [6.07, 6.45) is 8.09. The molecule has 4 N–H and O–H groups in total. The Morgan fingerprint density at radius 1 is 0.933 bits per heavy atom. The summed E-state index contributed by atoms with van der Waals surface area (Å²) in [5.74, 6) is -3.49. The van der Waals surface area contributed by atoms with Crippen molar-refractivity contribution in [2.45, 2.75) is 57.2 Å². The largest absolute Gasteiger partial charge is 0.497 e. The minimum Gasteiger partial charge on any atom is -0.497 e. The van der Waals surface area contributed by atoms with E-state index in [2.05, 4.69) is 10.6 Å². The summed E-state index contributed by atoms with van der Waals surface area (Å²) in [5, 5.41) is 16.3. The molecule has 0 aliphatic heterocycles. The Labute approximate surface area is 262 Å². The van der Waals surface area contributed by atoms with Crippen molar-refractivity contribution < 1.29 is 43.3 Å². The van der Waals surface area contributed by atoms with E-state index in [0.717, 1.165) is 37.7 Å². The van der Waals surface area contributed by atoms with Gasteiger partial charge in [-0.05, 0) is 42.2 Å². The number of ether oxygens (including phenoxy) is 3. The van der Waals surface area contributed by atoms with Crippen molar-refractivity contribution >= 4 is 35.6 Å². The number of ketones is 1. The molecule has 0 bridgehead atoms. The zero-order valence-electron chi connectivity index (χ0n) is 25.6. The molecule has 2 aromatic carbocycles. The van der Waals surface area contributed by atoms with Crippen LogP contribution >= 0.6 is 0 Å². The number of methoxy groups -OCH3 is 2. The Morgan fingerprint density at radius 3 is 2.33 bits per heavy atom. The summed E-state index contributed by atoms with van der Waals surface area (Å²) in [5.41, 5.74) is 1.40. The van der Waals surface area contributed by atoms with E-state index in [0.29, 0.717) is 23.5 Å². The van der Waals surface area contributed by atoms with Gasteiger partial charge in [0.1, 0.15) is 30.1 Å². The molecular weight excluding hydrogens is 582 g/mol. The van der Waals surface area contributed by atoms with Crippen LogP contribution in [0, 0.1) is 5.92 Å². The molecule has 1 aliphatic rings. The van der Waals surface area contributed by atoms with Crippen LogP contribution in [0.15, 0.2) is 54.6 Å². The second kappa shape index (κ2) is 18.2. The van der Waals surface area contributed by atoms with Crippen LogP contribution in [0.2, 0.25) is 0 Å². The van der Waals surface area contributed by atoms with E-state index in [9.17, 15) is 24.0 Å². The molecule has 0 radical (unpaired) electrons. The second-order valence-electron chi connectivity index (χ2n) is 10.7. The maximum atomic E-state index is 13.6. The maximum Gasteiger partial charge on any atom is 0.322 e. The number of Topliss-reactive ketones (excluding diaryl/α,β-unsaturated/α-hetero) is 1. The maximum absolute atomic E-state index is 13.6. The highest BCUT2D eigenvalue weighted by Gasteiger charge is 2.32. The van der Waals surface area contributed by atoms with Gasteiger partial charge in [0, 0.05) is 11.6 Å². The molecule has 12 heteroatoms. The molecule has 1 unspecified atom stereocenters. The van der Waals surface area contributed by atoms with E-state index in [1.807, 2.05) is 35.6 Å². The van der Waals surface area contributed by atoms with Gasteiger partial charge >= 0.3 is 5.97 Å². The van der Waals surface area contributed by atoms with Crippen molar-refractivity contribution in [1.82, 2.24) is 16.0 Å². The first kappa shape index (κ1) is 34.8. The Morgan fingerprint density at radius 2 is 1.67 bits per heavy atom.